The van der Waals surface area contributed by atoms with Crippen LogP contribution in [0.2, 0.25) is 0 Å². The third kappa shape index (κ3) is 5.55. The molecule has 0 saturated heterocycles. The van der Waals surface area contributed by atoms with E-state index in [1.165, 1.54) is 12.1 Å². The molecule has 2 nitrogen and oxygen atoms in total. The Morgan fingerprint density at radius 3 is 2.31 bits per heavy atom. The Labute approximate surface area is 155 Å². The normalized spacial score (nSPS) is 11.6. The Balaban J connectivity index is 0.00000163. The van der Waals surface area contributed by atoms with E-state index < -0.39 is 5.92 Å². The van der Waals surface area contributed by atoms with Crippen LogP contribution < -0.4 is 5.32 Å². The average molecular weight is 351 g/mol. The van der Waals surface area contributed by atoms with Crippen molar-refractivity contribution in [2.24, 2.45) is 0 Å². The van der Waals surface area contributed by atoms with Crippen molar-refractivity contribution in [1.82, 2.24) is 5.32 Å². The topological polar surface area (TPSA) is 29.1 Å². The fraction of sp³-hybridized carbons (Fsp3) is 0.174. The summed E-state index contributed by atoms with van der Waals surface area (Å²) in [6.45, 7) is 13.0. The lowest BCUT2D eigenvalue weighted by molar-refractivity contribution is -0.121. The van der Waals surface area contributed by atoms with Crippen molar-refractivity contribution in [2.45, 2.75) is 26.7 Å². The first-order chi connectivity index (χ1) is 12.6. The maximum Gasteiger partial charge on any atom is 0.231 e. The smallest absolute Gasteiger partial charge is 0.231 e. The number of carbonyl (C=O) groups excluding carboxylic acids is 1. The van der Waals surface area contributed by atoms with Gasteiger partial charge in [0.25, 0.3) is 0 Å². The van der Waals surface area contributed by atoms with E-state index in [1.807, 2.05) is 44.2 Å². The average Bonchev–Trinajstić information content (AvgIpc) is 2.69. The molecule has 1 N–H and O–H groups in total. The molecule has 2 aromatic rings. The summed E-state index contributed by atoms with van der Waals surface area (Å²) >= 11 is 0. The third-order valence-corrected chi connectivity index (χ3v) is 3.76. The van der Waals surface area contributed by atoms with Crippen LogP contribution in [0.4, 0.5) is 4.39 Å². The second-order valence-electron chi connectivity index (χ2n) is 5.38. The van der Waals surface area contributed by atoms with Gasteiger partial charge in [0.05, 0.1) is 5.92 Å². The summed E-state index contributed by atoms with van der Waals surface area (Å²) in [6.07, 6.45) is 4.75. The molecule has 0 spiro atoms. The van der Waals surface area contributed by atoms with Crippen LogP contribution in [0.15, 0.2) is 85.6 Å². The minimum atomic E-state index is -0.488. The van der Waals surface area contributed by atoms with Gasteiger partial charge in [-0.3, -0.25) is 4.79 Å². The van der Waals surface area contributed by atoms with Gasteiger partial charge in [0, 0.05) is 11.3 Å². The summed E-state index contributed by atoms with van der Waals surface area (Å²) in [5, 5.41) is 2.74. The van der Waals surface area contributed by atoms with Crippen LogP contribution in [0.3, 0.4) is 0 Å². The van der Waals surface area contributed by atoms with Gasteiger partial charge in [-0.05, 0) is 36.3 Å². The Morgan fingerprint density at radius 2 is 1.77 bits per heavy atom. The number of rotatable bonds is 6. The van der Waals surface area contributed by atoms with E-state index in [2.05, 4.69) is 18.5 Å². The fourth-order valence-corrected chi connectivity index (χ4v) is 2.34. The molecule has 0 aliphatic carbocycles. The van der Waals surface area contributed by atoms with Crippen molar-refractivity contribution in [1.29, 1.82) is 0 Å². The predicted octanol–water partition coefficient (Wildman–Crippen LogP) is 5.99. The number of hydrogen-bond acceptors (Lipinski definition) is 1. The van der Waals surface area contributed by atoms with Gasteiger partial charge in [0.1, 0.15) is 5.82 Å². The lowest BCUT2D eigenvalue weighted by atomic mass is 9.96. The summed E-state index contributed by atoms with van der Waals surface area (Å²) in [5.41, 5.74) is 2.50. The first kappa shape index (κ1) is 21.1. The number of hydrogen-bond donors (Lipinski definition) is 1. The molecule has 2 rings (SSSR count). The predicted molar refractivity (Wildman–Crippen MR) is 108 cm³/mol. The summed E-state index contributed by atoms with van der Waals surface area (Å²) < 4.78 is 14.4. The van der Waals surface area contributed by atoms with Gasteiger partial charge in [-0.1, -0.05) is 75.5 Å². The van der Waals surface area contributed by atoms with Gasteiger partial charge in [-0.15, -0.1) is 0 Å². The molecule has 0 aliphatic rings. The molecular formula is C23H26FNO. The van der Waals surface area contributed by atoms with Gasteiger partial charge in [0.15, 0.2) is 0 Å². The van der Waals surface area contributed by atoms with Crippen LogP contribution in [0, 0.1) is 5.82 Å². The molecule has 1 unspecified atom stereocenters. The van der Waals surface area contributed by atoms with Crippen LogP contribution >= 0.6 is 0 Å². The number of carbonyl (C=O) groups is 1. The van der Waals surface area contributed by atoms with Crippen molar-refractivity contribution >= 4 is 5.91 Å². The minimum absolute atomic E-state index is 0.227. The van der Waals surface area contributed by atoms with E-state index >= 15 is 0 Å². The highest BCUT2D eigenvalue weighted by molar-refractivity contribution is 5.85. The van der Waals surface area contributed by atoms with E-state index in [0.29, 0.717) is 16.8 Å². The third-order valence-electron chi connectivity index (χ3n) is 3.76. The maximum absolute atomic E-state index is 14.4. The molecule has 26 heavy (non-hydrogen) atoms. The Kier molecular flexibility index (Phi) is 8.79. The Morgan fingerprint density at radius 1 is 1.12 bits per heavy atom. The van der Waals surface area contributed by atoms with Crippen LogP contribution in [-0.2, 0) is 4.79 Å². The largest absolute Gasteiger partial charge is 0.326 e. The molecule has 0 aliphatic heterocycles. The molecule has 0 radical (unpaired) electrons. The zero-order valence-electron chi connectivity index (χ0n) is 15.6. The molecule has 0 heterocycles. The lowest BCUT2D eigenvalue weighted by Crippen LogP contribution is -2.26. The van der Waals surface area contributed by atoms with Gasteiger partial charge in [0.2, 0.25) is 5.91 Å². The van der Waals surface area contributed by atoms with E-state index in [-0.39, 0.29) is 11.7 Å². The Hall–Kier alpha value is -2.94. The van der Waals surface area contributed by atoms with E-state index in [4.69, 9.17) is 0 Å². The second kappa shape index (κ2) is 10.8. The summed E-state index contributed by atoms with van der Waals surface area (Å²) in [6, 6.07) is 14.2. The molecule has 3 heteroatoms. The molecule has 1 atom stereocenters. The molecule has 0 fully saturated rings. The Bertz CT molecular complexity index is 778. The van der Waals surface area contributed by atoms with E-state index in [1.54, 1.807) is 31.2 Å². The van der Waals surface area contributed by atoms with Gasteiger partial charge in [-0.2, -0.15) is 0 Å². The van der Waals surface area contributed by atoms with Crippen LogP contribution in [0.5, 0.6) is 0 Å². The molecule has 136 valence electrons. The maximum atomic E-state index is 14.4. The van der Waals surface area contributed by atoms with E-state index in [9.17, 15) is 9.18 Å². The van der Waals surface area contributed by atoms with Crippen molar-refractivity contribution in [3.63, 3.8) is 0 Å². The SMILES string of the molecule is C=C/C=C(\C=C)NC(=O)C(C)c1ccc(-c2ccccc2)c(F)c1.CC. The number of nitrogens with one attached hydrogen (secondary N) is 1. The van der Waals surface area contributed by atoms with E-state index in [0.717, 1.165) is 5.56 Å². The molecule has 0 bridgehead atoms. The highest BCUT2D eigenvalue weighted by atomic mass is 19.1. The van der Waals surface area contributed by atoms with Crippen LogP contribution in [-0.4, -0.2) is 5.91 Å². The van der Waals surface area contributed by atoms with Gasteiger partial charge < -0.3 is 5.32 Å². The van der Waals surface area contributed by atoms with Crippen molar-refractivity contribution in [3.05, 3.63) is 97.0 Å². The summed E-state index contributed by atoms with van der Waals surface area (Å²) in [5.74, 6) is -1.06. The zero-order valence-corrected chi connectivity index (χ0v) is 15.6. The molecular weight excluding hydrogens is 325 g/mol. The van der Waals surface area contributed by atoms with Gasteiger partial charge >= 0.3 is 0 Å². The first-order valence-electron chi connectivity index (χ1n) is 8.67. The quantitative estimate of drug-likeness (QED) is 0.636. The molecule has 0 saturated carbocycles. The number of benzene rings is 2. The summed E-state index contributed by atoms with van der Waals surface area (Å²) in [4.78, 5) is 12.3. The number of amides is 1. The lowest BCUT2D eigenvalue weighted by Gasteiger charge is -2.14. The number of halogens is 1. The monoisotopic (exact) mass is 351 g/mol. The highest BCUT2D eigenvalue weighted by Crippen LogP contribution is 2.26. The standard InChI is InChI=1S/C21H20FNO.C2H6/c1-4-9-18(5-2)23-21(24)15(3)17-12-13-19(20(22)14-17)16-10-7-6-8-11-16;1-2/h4-15H,1-2H2,3H3,(H,23,24);1-2H3/b18-9+;. The first-order valence-corrected chi connectivity index (χ1v) is 8.67. The molecule has 2 aromatic carbocycles. The minimum Gasteiger partial charge on any atom is -0.326 e. The summed E-state index contributed by atoms with van der Waals surface area (Å²) in [7, 11) is 0. The molecule has 1 amide bonds. The van der Waals surface area contributed by atoms with Gasteiger partial charge in [-0.25, -0.2) is 4.39 Å². The van der Waals surface area contributed by atoms with Crippen molar-refractivity contribution < 1.29 is 9.18 Å². The number of allylic oxidation sites excluding steroid dienone is 3. The van der Waals surface area contributed by atoms with Crippen LogP contribution in [0.1, 0.15) is 32.3 Å². The van der Waals surface area contributed by atoms with Crippen molar-refractivity contribution in [3.8, 4) is 11.1 Å². The van der Waals surface area contributed by atoms with Crippen LogP contribution in [0.25, 0.3) is 11.1 Å². The zero-order chi connectivity index (χ0) is 19.5. The molecule has 0 aromatic heterocycles. The fourth-order valence-electron chi connectivity index (χ4n) is 2.34. The van der Waals surface area contributed by atoms with Crippen molar-refractivity contribution in [2.75, 3.05) is 0 Å². The second-order valence-corrected chi connectivity index (χ2v) is 5.38. The highest BCUT2D eigenvalue weighted by Gasteiger charge is 2.17.